The third-order valence-corrected chi connectivity index (χ3v) is 4.22. The lowest BCUT2D eigenvalue weighted by Crippen LogP contribution is -2.11. The number of nitrogens with one attached hydrogen (secondary N) is 2. The molecule has 0 atom stereocenters. The van der Waals surface area contributed by atoms with Crippen LogP contribution in [0.4, 0.5) is 38.0 Å². The van der Waals surface area contributed by atoms with Gasteiger partial charge < -0.3 is 15.0 Å². The maximum atomic E-state index is 13.3. The minimum atomic E-state index is -5.00. The van der Waals surface area contributed by atoms with E-state index in [-0.39, 0.29) is 17.5 Å². The number of fused-ring (bicyclic) bond motifs is 1. The first kappa shape index (κ1) is 20.5. The topological polar surface area (TPSA) is 62.8 Å². The first-order valence-corrected chi connectivity index (χ1v) is 8.73. The van der Waals surface area contributed by atoms with Crippen molar-refractivity contribution in [1.82, 2.24) is 15.0 Å². The molecule has 0 spiro atoms. The van der Waals surface area contributed by atoms with E-state index in [0.717, 1.165) is 0 Å². The Labute approximate surface area is 170 Å². The van der Waals surface area contributed by atoms with Gasteiger partial charge in [-0.3, -0.25) is 4.98 Å². The Bertz CT molecular complexity index is 1200. The number of pyridine rings is 1. The maximum absolute atomic E-state index is 13.3. The molecule has 0 aliphatic heterocycles. The van der Waals surface area contributed by atoms with Crippen LogP contribution in [-0.2, 0) is 12.4 Å². The molecule has 5 nitrogen and oxygen atoms in total. The molecule has 2 aromatic heterocycles. The number of nitrogens with zero attached hydrogens (tertiary/aromatic N) is 2. The highest BCUT2D eigenvalue weighted by Crippen LogP contribution is 2.39. The summed E-state index contributed by atoms with van der Waals surface area (Å²) in [6.07, 6.45) is -6.81. The fourth-order valence-electron chi connectivity index (χ4n) is 2.84. The number of alkyl halides is 6. The number of aromatic nitrogens is 3. The summed E-state index contributed by atoms with van der Waals surface area (Å²) in [5, 5.41) is 2.74. The first-order chi connectivity index (χ1) is 14.6. The van der Waals surface area contributed by atoms with Crippen LogP contribution in [0.2, 0.25) is 0 Å². The zero-order valence-electron chi connectivity index (χ0n) is 15.3. The van der Waals surface area contributed by atoms with Gasteiger partial charge >= 0.3 is 12.4 Å². The van der Waals surface area contributed by atoms with Crippen LogP contribution in [0, 0.1) is 0 Å². The smallest absolute Gasteiger partial charge is 0.418 e. The molecule has 160 valence electrons. The molecule has 0 radical (unpaired) electrons. The summed E-state index contributed by atoms with van der Waals surface area (Å²) in [5.41, 5.74) is -3.45. The van der Waals surface area contributed by atoms with Crippen molar-refractivity contribution in [2.45, 2.75) is 12.4 Å². The Hall–Kier alpha value is -3.76. The SMILES string of the molecule is FC(F)(F)c1cc(C(F)(F)F)c2nc(Nc3ccc(Oc4ccncc4)cc3)[nH]c2c1. The number of halogens is 6. The highest BCUT2D eigenvalue weighted by molar-refractivity contribution is 5.83. The number of aromatic amines is 1. The molecule has 31 heavy (non-hydrogen) atoms. The zero-order chi connectivity index (χ0) is 22.2. The number of anilines is 2. The fourth-order valence-corrected chi connectivity index (χ4v) is 2.84. The number of hydrogen-bond donors (Lipinski definition) is 2. The molecule has 11 heteroatoms. The molecule has 2 N–H and O–H groups in total. The molecular formula is C20H12F6N4O. The quantitative estimate of drug-likeness (QED) is 0.356. The molecular weight excluding hydrogens is 426 g/mol. The molecule has 0 saturated heterocycles. The third-order valence-electron chi connectivity index (χ3n) is 4.22. The fraction of sp³-hybridized carbons (Fsp3) is 0.100. The highest BCUT2D eigenvalue weighted by atomic mass is 19.4. The predicted octanol–water partition coefficient (Wildman–Crippen LogP) is 6.53. The van der Waals surface area contributed by atoms with Crippen molar-refractivity contribution in [3.8, 4) is 11.5 Å². The van der Waals surface area contributed by atoms with Crippen molar-refractivity contribution >= 4 is 22.7 Å². The van der Waals surface area contributed by atoms with Crippen LogP contribution in [0.3, 0.4) is 0 Å². The normalized spacial score (nSPS) is 12.2. The first-order valence-electron chi connectivity index (χ1n) is 8.73. The van der Waals surface area contributed by atoms with Crippen LogP contribution in [0.5, 0.6) is 11.5 Å². The molecule has 0 amide bonds. The Kier molecular flexibility index (Phi) is 4.96. The van der Waals surface area contributed by atoms with Gasteiger partial charge in [0.2, 0.25) is 5.95 Å². The predicted molar refractivity (Wildman–Crippen MR) is 100 cm³/mol. The average molecular weight is 438 g/mol. The molecule has 4 aromatic rings. The lowest BCUT2D eigenvalue weighted by Gasteiger charge is -2.11. The number of ether oxygens (including phenoxy) is 1. The van der Waals surface area contributed by atoms with Crippen LogP contribution in [0.15, 0.2) is 60.9 Å². The summed E-state index contributed by atoms with van der Waals surface area (Å²) >= 11 is 0. The van der Waals surface area contributed by atoms with E-state index in [0.29, 0.717) is 23.3 Å². The summed E-state index contributed by atoms with van der Waals surface area (Å²) in [6, 6.07) is 10.3. The molecule has 4 rings (SSSR count). The summed E-state index contributed by atoms with van der Waals surface area (Å²) < 4.78 is 84.5. The largest absolute Gasteiger partial charge is 0.457 e. The average Bonchev–Trinajstić information content (AvgIpc) is 3.10. The second kappa shape index (κ2) is 7.49. The number of hydrogen-bond acceptors (Lipinski definition) is 4. The summed E-state index contributed by atoms with van der Waals surface area (Å²) in [5.74, 6) is 0.923. The van der Waals surface area contributed by atoms with E-state index < -0.39 is 29.0 Å². The van der Waals surface area contributed by atoms with Gasteiger partial charge in [-0.05, 0) is 48.5 Å². The minimum Gasteiger partial charge on any atom is -0.457 e. The van der Waals surface area contributed by atoms with E-state index in [1.807, 2.05) is 0 Å². The Morgan fingerprint density at radius 1 is 0.806 bits per heavy atom. The summed E-state index contributed by atoms with van der Waals surface area (Å²) in [6.45, 7) is 0. The van der Waals surface area contributed by atoms with Gasteiger partial charge in [-0.2, -0.15) is 26.3 Å². The van der Waals surface area contributed by atoms with Gasteiger partial charge in [0.25, 0.3) is 0 Å². The van der Waals surface area contributed by atoms with E-state index in [1.165, 1.54) is 0 Å². The van der Waals surface area contributed by atoms with Crippen molar-refractivity contribution in [2.24, 2.45) is 0 Å². The van der Waals surface area contributed by atoms with Gasteiger partial charge in [0.05, 0.1) is 16.6 Å². The monoisotopic (exact) mass is 438 g/mol. The van der Waals surface area contributed by atoms with Crippen molar-refractivity contribution < 1.29 is 31.1 Å². The Morgan fingerprint density at radius 2 is 1.45 bits per heavy atom. The minimum absolute atomic E-state index is 0.0538. The van der Waals surface area contributed by atoms with E-state index in [9.17, 15) is 26.3 Å². The molecule has 0 aliphatic rings. The highest BCUT2D eigenvalue weighted by Gasteiger charge is 2.39. The van der Waals surface area contributed by atoms with Crippen LogP contribution in [-0.4, -0.2) is 15.0 Å². The second-order valence-corrected chi connectivity index (χ2v) is 6.44. The van der Waals surface area contributed by atoms with Gasteiger partial charge in [0.1, 0.15) is 17.0 Å². The molecule has 0 unspecified atom stereocenters. The van der Waals surface area contributed by atoms with E-state index >= 15 is 0 Å². The zero-order valence-corrected chi connectivity index (χ0v) is 15.3. The van der Waals surface area contributed by atoms with Crippen LogP contribution < -0.4 is 10.1 Å². The van der Waals surface area contributed by atoms with Crippen molar-refractivity contribution in [1.29, 1.82) is 0 Å². The number of benzene rings is 2. The molecule has 0 bridgehead atoms. The summed E-state index contributed by atoms with van der Waals surface area (Å²) in [4.78, 5) is 10.1. The van der Waals surface area contributed by atoms with Gasteiger partial charge in [-0.1, -0.05) is 0 Å². The van der Waals surface area contributed by atoms with Crippen LogP contribution in [0.1, 0.15) is 11.1 Å². The lowest BCUT2D eigenvalue weighted by atomic mass is 10.1. The van der Waals surface area contributed by atoms with Crippen LogP contribution in [0.25, 0.3) is 11.0 Å². The van der Waals surface area contributed by atoms with Gasteiger partial charge in [-0.15, -0.1) is 0 Å². The van der Waals surface area contributed by atoms with E-state index in [1.54, 1.807) is 48.8 Å². The van der Waals surface area contributed by atoms with Crippen molar-refractivity contribution in [3.05, 3.63) is 72.1 Å². The van der Waals surface area contributed by atoms with Gasteiger partial charge in [0, 0.05) is 18.1 Å². The standard InChI is InChI=1S/C20H12F6N4O/c21-19(22,23)11-9-15(20(24,25)26)17-16(10-11)29-18(30-17)28-12-1-3-13(4-2-12)31-14-5-7-27-8-6-14/h1-10H,(H2,28,29,30). The van der Waals surface area contributed by atoms with Crippen molar-refractivity contribution in [3.63, 3.8) is 0 Å². The van der Waals surface area contributed by atoms with Gasteiger partial charge in [-0.25, -0.2) is 4.98 Å². The number of imidazole rings is 1. The number of rotatable bonds is 4. The van der Waals surface area contributed by atoms with E-state index in [4.69, 9.17) is 4.74 Å². The summed E-state index contributed by atoms with van der Waals surface area (Å²) in [7, 11) is 0. The second-order valence-electron chi connectivity index (χ2n) is 6.44. The third kappa shape index (κ3) is 4.55. The molecule has 0 aliphatic carbocycles. The molecule has 2 heterocycles. The van der Waals surface area contributed by atoms with Gasteiger partial charge in [0.15, 0.2) is 0 Å². The van der Waals surface area contributed by atoms with E-state index in [2.05, 4.69) is 20.3 Å². The lowest BCUT2D eigenvalue weighted by molar-refractivity contribution is -0.142. The van der Waals surface area contributed by atoms with Crippen LogP contribution >= 0.6 is 0 Å². The Balaban J connectivity index is 1.61. The number of H-pyrrole nitrogens is 1. The molecule has 0 saturated carbocycles. The molecule has 2 aromatic carbocycles. The van der Waals surface area contributed by atoms with Crippen molar-refractivity contribution in [2.75, 3.05) is 5.32 Å². The Morgan fingerprint density at radius 3 is 2.06 bits per heavy atom. The molecule has 0 fully saturated rings. The maximum Gasteiger partial charge on any atom is 0.418 e.